The topological polar surface area (TPSA) is 9.86 Å². The summed E-state index contributed by atoms with van der Waals surface area (Å²) in [6.45, 7) is 2.51. The van der Waals surface area contributed by atoms with Gasteiger partial charge in [0.15, 0.2) is 0 Å². The van der Waals surface area contributed by atoms with Crippen molar-refractivity contribution in [3.05, 3.63) is 200 Å². The first-order chi connectivity index (χ1) is 25.7. The van der Waals surface area contributed by atoms with Crippen LogP contribution in [0, 0.1) is 0 Å². The number of fused-ring (bicyclic) bond motifs is 6. The van der Waals surface area contributed by atoms with Crippen LogP contribution in [0.1, 0.15) is 0 Å². The second-order valence-electron chi connectivity index (χ2n) is 13.8. The van der Waals surface area contributed by atoms with E-state index in [9.17, 15) is 0 Å². The van der Waals surface area contributed by atoms with Crippen molar-refractivity contribution in [1.82, 2.24) is 9.13 Å². The average Bonchev–Trinajstić information content (AvgIpc) is 3.74. The summed E-state index contributed by atoms with van der Waals surface area (Å²) < 4.78 is 4.90. The maximum absolute atomic E-state index is 2.51. The lowest BCUT2D eigenvalue weighted by Gasteiger charge is -2.32. The zero-order chi connectivity index (χ0) is 34.6. The molecule has 2 heterocycles. The highest BCUT2D eigenvalue weighted by Gasteiger charge is 2.36. The molecule has 0 aliphatic heterocycles. The van der Waals surface area contributed by atoms with Crippen molar-refractivity contribution in [2.45, 2.75) is 6.55 Å². The van der Waals surface area contributed by atoms with E-state index >= 15 is 0 Å². The zero-order valence-electron chi connectivity index (χ0n) is 28.9. The van der Waals surface area contributed by atoms with Crippen molar-refractivity contribution in [3.63, 3.8) is 0 Å². The molecule has 10 rings (SSSR count). The maximum atomic E-state index is 2.51. The molecule has 52 heavy (non-hydrogen) atoms. The van der Waals surface area contributed by atoms with E-state index in [0.29, 0.717) is 0 Å². The van der Waals surface area contributed by atoms with Gasteiger partial charge in [-0.1, -0.05) is 164 Å². The summed E-state index contributed by atoms with van der Waals surface area (Å²) >= 11 is 0. The van der Waals surface area contributed by atoms with Crippen LogP contribution in [0.3, 0.4) is 0 Å². The normalized spacial score (nSPS) is 11.9. The maximum Gasteiger partial charge on any atom is 0.146 e. The third kappa shape index (κ3) is 4.56. The molecule has 10 aromatic rings. The minimum Gasteiger partial charge on any atom is -0.309 e. The Morgan fingerprint density at radius 1 is 0.346 bits per heavy atom. The molecule has 2 aromatic heterocycles. The Kier molecular flexibility index (Phi) is 7.09. The van der Waals surface area contributed by atoms with Crippen LogP contribution in [0.25, 0.3) is 66.1 Å². The first kappa shape index (κ1) is 30.4. The Hall–Kier alpha value is -6.42. The van der Waals surface area contributed by atoms with E-state index in [0.717, 1.165) is 0 Å². The number of nitrogens with zero attached hydrogens (tertiary/aromatic N) is 2. The number of rotatable bonds is 6. The average molecular weight is 681 g/mol. The number of hydrogen-bond acceptors (Lipinski definition) is 0. The first-order valence-electron chi connectivity index (χ1n) is 18.0. The van der Waals surface area contributed by atoms with Gasteiger partial charge in [0.1, 0.15) is 8.07 Å². The van der Waals surface area contributed by atoms with Crippen LogP contribution < -0.4 is 15.6 Å². The minimum absolute atomic E-state index is 1.17. The van der Waals surface area contributed by atoms with E-state index < -0.39 is 8.07 Å². The molecule has 246 valence electrons. The molecule has 0 aliphatic carbocycles. The molecular weight excluding hydrogens is 645 g/mol. The highest BCUT2D eigenvalue weighted by molar-refractivity contribution is 7.11. The second-order valence-corrected chi connectivity index (χ2v) is 17.8. The Morgan fingerprint density at radius 3 is 1.40 bits per heavy atom. The molecule has 0 saturated heterocycles. The molecule has 0 unspecified atom stereocenters. The largest absolute Gasteiger partial charge is 0.309 e. The lowest BCUT2D eigenvalue weighted by atomic mass is 10.0. The van der Waals surface area contributed by atoms with Crippen LogP contribution in [-0.2, 0) is 0 Å². The lowest BCUT2D eigenvalue weighted by molar-refractivity contribution is 1.17. The Labute approximate surface area is 304 Å². The van der Waals surface area contributed by atoms with E-state index in [2.05, 4.69) is 216 Å². The summed E-state index contributed by atoms with van der Waals surface area (Å²) in [6, 6.07) is 73.7. The highest BCUT2D eigenvalue weighted by atomic mass is 28.3. The standard InChI is InChI=1S/C49H36N2Si/c1-52(36-18-4-2-5-19-36,37-20-6-3-7-21-37)49-31-17-12-26-42(49)40-24-10-15-29-46(40)51-47-30-16-11-25-41(47)43-34-35(32-33-48(43)51)50-44-27-13-8-22-38(44)39-23-9-14-28-45(39)50/h2-34H,1H3. The number of aromatic nitrogens is 2. The van der Waals surface area contributed by atoms with Gasteiger partial charge in [0, 0.05) is 32.8 Å². The van der Waals surface area contributed by atoms with Crippen LogP contribution in [0.5, 0.6) is 0 Å². The molecular formula is C49H36N2Si. The number of para-hydroxylation sites is 4. The van der Waals surface area contributed by atoms with Gasteiger partial charge < -0.3 is 9.13 Å². The molecule has 0 aliphatic rings. The SMILES string of the molecule is C[Si](c1ccccc1)(c1ccccc1)c1ccccc1-c1ccccc1-n1c2ccccc2c2cc(-n3c4ccccc4c4ccccc43)ccc21. The first-order valence-corrected chi connectivity index (χ1v) is 20.5. The predicted octanol–water partition coefficient (Wildman–Crippen LogP) is 10.6. The van der Waals surface area contributed by atoms with Gasteiger partial charge >= 0.3 is 0 Å². The molecule has 0 spiro atoms. The number of hydrogen-bond donors (Lipinski definition) is 0. The van der Waals surface area contributed by atoms with Crippen molar-refractivity contribution in [2.75, 3.05) is 0 Å². The van der Waals surface area contributed by atoms with Gasteiger partial charge in [0.25, 0.3) is 0 Å². The van der Waals surface area contributed by atoms with Crippen molar-refractivity contribution < 1.29 is 0 Å². The van der Waals surface area contributed by atoms with Gasteiger partial charge in [-0.05, 0) is 63.6 Å². The van der Waals surface area contributed by atoms with E-state index in [1.165, 1.54) is 81.7 Å². The van der Waals surface area contributed by atoms with Crippen LogP contribution in [0.2, 0.25) is 6.55 Å². The highest BCUT2D eigenvalue weighted by Crippen LogP contribution is 2.39. The summed E-state index contributed by atoms with van der Waals surface area (Å²) in [6.07, 6.45) is 0. The molecule has 0 bridgehead atoms. The van der Waals surface area contributed by atoms with Gasteiger partial charge in [0.05, 0.1) is 27.8 Å². The smallest absolute Gasteiger partial charge is 0.146 e. The molecule has 0 saturated carbocycles. The lowest BCUT2D eigenvalue weighted by Crippen LogP contribution is -2.65. The van der Waals surface area contributed by atoms with Gasteiger partial charge in [-0.25, -0.2) is 0 Å². The van der Waals surface area contributed by atoms with Crippen molar-refractivity contribution in [2.24, 2.45) is 0 Å². The van der Waals surface area contributed by atoms with Crippen LogP contribution >= 0.6 is 0 Å². The molecule has 0 atom stereocenters. The van der Waals surface area contributed by atoms with Gasteiger partial charge in [-0.3, -0.25) is 0 Å². The summed E-state index contributed by atoms with van der Waals surface area (Å²) in [5.74, 6) is 0. The van der Waals surface area contributed by atoms with Crippen molar-refractivity contribution >= 4 is 67.2 Å². The fraction of sp³-hybridized carbons (Fsp3) is 0.0204. The molecule has 3 heteroatoms. The van der Waals surface area contributed by atoms with E-state index in [1.807, 2.05) is 0 Å². The van der Waals surface area contributed by atoms with Crippen molar-refractivity contribution in [3.8, 4) is 22.5 Å². The summed E-state index contributed by atoms with van der Waals surface area (Å²) in [5.41, 5.74) is 9.71. The molecule has 0 N–H and O–H groups in total. The monoisotopic (exact) mass is 680 g/mol. The van der Waals surface area contributed by atoms with Gasteiger partial charge in [-0.2, -0.15) is 0 Å². The van der Waals surface area contributed by atoms with Gasteiger partial charge in [0.2, 0.25) is 0 Å². The fourth-order valence-corrected chi connectivity index (χ4v) is 12.5. The summed E-state index contributed by atoms with van der Waals surface area (Å²) in [7, 11) is -2.42. The zero-order valence-corrected chi connectivity index (χ0v) is 29.9. The summed E-state index contributed by atoms with van der Waals surface area (Å²) in [4.78, 5) is 0. The fourth-order valence-electron chi connectivity index (χ4n) is 8.63. The van der Waals surface area contributed by atoms with E-state index in [-0.39, 0.29) is 0 Å². The van der Waals surface area contributed by atoms with E-state index in [1.54, 1.807) is 0 Å². The predicted molar refractivity (Wildman–Crippen MR) is 224 cm³/mol. The number of benzene rings is 8. The Morgan fingerprint density at radius 2 is 0.788 bits per heavy atom. The minimum atomic E-state index is -2.42. The van der Waals surface area contributed by atoms with Crippen LogP contribution in [0.4, 0.5) is 0 Å². The molecule has 0 radical (unpaired) electrons. The molecule has 8 aromatic carbocycles. The third-order valence-corrected chi connectivity index (χ3v) is 15.6. The van der Waals surface area contributed by atoms with Crippen LogP contribution in [0.15, 0.2) is 200 Å². The molecule has 2 nitrogen and oxygen atoms in total. The Bertz CT molecular complexity index is 2820. The molecule has 0 fully saturated rings. The second kappa shape index (κ2) is 12.1. The van der Waals surface area contributed by atoms with Crippen LogP contribution in [-0.4, -0.2) is 17.2 Å². The Balaban J connectivity index is 1.22. The molecule has 0 amide bonds. The van der Waals surface area contributed by atoms with Crippen molar-refractivity contribution in [1.29, 1.82) is 0 Å². The quantitative estimate of drug-likeness (QED) is 0.122. The van der Waals surface area contributed by atoms with E-state index in [4.69, 9.17) is 0 Å². The third-order valence-electron chi connectivity index (χ3n) is 11.1. The summed E-state index contributed by atoms with van der Waals surface area (Å²) in [5, 5.41) is 9.25. The van der Waals surface area contributed by atoms with Gasteiger partial charge in [-0.15, -0.1) is 0 Å².